The first-order valence-corrected chi connectivity index (χ1v) is 5.30. The summed E-state index contributed by atoms with van der Waals surface area (Å²) in [5, 5.41) is 8.61. The second-order valence-electron chi connectivity index (χ2n) is 3.13. The Bertz CT molecular complexity index is 368. The van der Waals surface area contributed by atoms with Crippen molar-refractivity contribution in [2.24, 2.45) is 5.92 Å². The summed E-state index contributed by atoms with van der Waals surface area (Å²) in [6.07, 6.45) is 0. The number of carbonyl (C=O) groups is 1. The van der Waals surface area contributed by atoms with E-state index in [1.807, 2.05) is 0 Å². The van der Waals surface area contributed by atoms with Gasteiger partial charge in [-0.2, -0.15) is 0 Å². The number of rotatable bonds is 4. The molecule has 0 aliphatic carbocycles. The number of benzene rings is 1. The van der Waals surface area contributed by atoms with Gasteiger partial charge in [-0.1, -0.05) is 6.92 Å². The van der Waals surface area contributed by atoms with Crippen LogP contribution in [0.25, 0.3) is 0 Å². The van der Waals surface area contributed by atoms with Gasteiger partial charge in [0.1, 0.15) is 0 Å². The summed E-state index contributed by atoms with van der Waals surface area (Å²) >= 11 is 1.19. The molecule has 0 aliphatic rings. The van der Waals surface area contributed by atoms with E-state index < -0.39 is 23.5 Å². The summed E-state index contributed by atoms with van der Waals surface area (Å²) in [7, 11) is 0. The predicted molar refractivity (Wildman–Crippen MR) is 53.9 cm³/mol. The quantitative estimate of drug-likeness (QED) is 0.811. The first-order chi connectivity index (χ1) is 7.00. The van der Waals surface area contributed by atoms with Gasteiger partial charge in [0, 0.05) is 10.6 Å². The van der Waals surface area contributed by atoms with E-state index in [9.17, 15) is 13.6 Å². The number of thioether (sulfide) groups is 1. The Balaban J connectivity index is 2.58. The molecule has 0 saturated carbocycles. The second-order valence-corrected chi connectivity index (χ2v) is 4.22. The normalized spacial score (nSPS) is 12.5. The maximum absolute atomic E-state index is 12.8. The number of carboxylic acid groups (broad SMARTS) is 1. The molecule has 0 radical (unpaired) electrons. The van der Waals surface area contributed by atoms with E-state index in [1.54, 1.807) is 6.92 Å². The largest absolute Gasteiger partial charge is 0.481 e. The fraction of sp³-hybridized carbons (Fsp3) is 0.300. The lowest BCUT2D eigenvalue weighted by molar-refractivity contribution is -0.140. The van der Waals surface area contributed by atoms with Crippen LogP contribution in [0.4, 0.5) is 8.78 Å². The van der Waals surface area contributed by atoms with Crippen LogP contribution in [-0.2, 0) is 4.79 Å². The highest BCUT2D eigenvalue weighted by Gasteiger charge is 2.11. The summed E-state index contributed by atoms with van der Waals surface area (Å²) in [5.74, 6) is -2.89. The standard InChI is InChI=1S/C10H10F2O2S/c1-6(10(13)14)5-15-7-2-3-8(11)9(12)4-7/h2-4,6H,5H2,1H3,(H,13,14). The molecule has 0 saturated heterocycles. The van der Waals surface area contributed by atoms with Crippen LogP contribution in [0.3, 0.4) is 0 Å². The molecule has 1 aromatic rings. The van der Waals surface area contributed by atoms with Crippen LogP contribution in [0.5, 0.6) is 0 Å². The van der Waals surface area contributed by atoms with Crippen molar-refractivity contribution < 1.29 is 18.7 Å². The van der Waals surface area contributed by atoms with Gasteiger partial charge >= 0.3 is 5.97 Å². The minimum Gasteiger partial charge on any atom is -0.481 e. The van der Waals surface area contributed by atoms with Gasteiger partial charge in [-0.3, -0.25) is 4.79 Å². The van der Waals surface area contributed by atoms with E-state index in [4.69, 9.17) is 5.11 Å². The Kier molecular flexibility index (Phi) is 4.08. The van der Waals surface area contributed by atoms with Gasteiger partial charge in [-0.05, 0) is 18.2 Å². The third kappa shape index (κ3) is 3.51. The van der Waals surface area contributed by atoms with Crippen molar-refractivity contribution in [3.8, 4) is 0 Å². The summed E-state index contributed by atoms with van der Waals surface area (Å²) < 4.78 is 25.3. The molecule has 0 fully saturated rings. The van der Waals surface area contributed by atoms with Crippen molar-refractivity contribution in [2.75, 3.05) is 5.75 Å². The van der Waals surface area contributed by atoms with Crippen LogP contribution >= 0.6 is 11.8 Å². The van der Waals surface area contributed by atoms with Crippen molar-refractivity contribution in [1.82, 2.24) is 0 Å². The minimum atomic E-state index is -0.914. The molecular weight excluding hydrogens is 222 g/mol. The first kappa shape index (κ1) is 12.0. The highest BCUT2D eigenvalue weighted by molar-refractivity contribution is 7.99. The van der Waals surface area contributed by atoms with Crippen LogP contribution in [-0.4, -0.2) is 16.8 Å². The maximum Gasteiger partial charge on any atom is 0.307 e. The smallest absolute Gasteiger partial charge is 0.307 e. The zero-order chi connectivity index (χ0) is 11.4. The molecule has 1 N–H and O–H groups in total. The Morgan fingerprint density at radius 3 is 2.67 bits per heavy atom. The molecule has 0 aliphatic heterocycles. The van der Waals surface area contributed by atoms with E-state index in [2.05, 4.69) is 0 Å². The molecule has 0 heterocycles. The maximum atomic E-state index is 12.8. The van der Waals surface area contributed by atoms with Crippen LogP contribution < -0.4 is 0 Å². The van der Waals surface area contributed by atoms with Crippen LogP contribution in [0.2, 0.25) is 0 Å². The molecule has 1 rings (SSSR count). The Labute approximate surface area is 90.3 Å². The molecule has 0 aromatic heterocycles. The van der Waals surface area contributed by atoms with Gasteiger partial charge < -0.3 is 5.11 Å². The molecule has 1 atom stereocenters. The topological polar surface area (TPSA) is 37.3 Å². The molecule has 1 aromatic carbocycles. The van der Waals surface area contributed by atoms with Gasteiger partial charge in [-0.15, -0.1) is 11.8 Å². The molecule has 15 heavy (non-hydrogen) atoms. The zero-order valence-electron chi connectivity index (χ0n) is 8.04. The summed E-state index contributed by atoms with van der Waals surface area (Å²) in [6.45, 7) is 1.56. The van der Waals surface area contributed by atoms with Crippen LogP contribution in [0.1, 0.15) is 6.92 Å². The first-order valence-electron chi connectivity index (χ1n) is 4.31. The molecule has 0 amide bonds. The van der Waals surface area contributed by atoms with E-state index >= 15 is 0 Å². The average molecular weight is 232 g/mol. The molecule has 1 unspecified atom stereocenters. The van der Waals surface area contributed by atoms with E-state index in [0.717, 1.165) is 12.1 Å². The number of hydrogen-bond acceptors (Lipinski definition) is 2. The molecule has 0 bridgehead atoms. The Hall–Kier alpha value is -1.10. The van der Waals surface area contributed by atoms with Crippen molar-refractivity contribution >= 4 is 17.7 Å². The number of carboxylic acids is 1. The van der Waals surface area contributed by atoms with E-state index in [0.29, 0.717) is 10.6 Å². The third-order valence-corrected chi connectivity index (χ3v) is 3.07. The molecule has 5 heteroatoms. The summed E-state index contributed by atoms with van der Waals surface area (Å²) in [5.41, 5.74) is 0. The van der Waals surface area contributed by atoms with Crippen molar-refractivity contribution in [3.63, 3.8) is 0 Å². The minimum absolute atomic E-state index is 0.334. The van der Waals surface area contributed by atoms with Crippen LogP contribution in [0.15, 0.2) is 23.1 Å². The van der Waals surface area contributed by atoms with Gasteiger partial charge in [0.2, 0.25) is 0 Å². The van der Waals surface area contributed by atoms with Gasteiger partial charge in [-0.25, -0.2) is 8.78 Å². The summed E-state index contributed by atoms with van der Waals surface area (Å²) in [4.78, 5) is 11.0. The number of halogens is 2. The second kappa shape index (κ2) is 5.11. The molecule has 2 nitrogen and oxygen atoms in total. The lowest BCUT2D eigenvalue weighted by atomic mass is 10.2. The highest BCUT2D eigenvalue weighted by Crippen LogP contribution is 2.22. The monoisotopic (exact) mass is 232 g/mol. The number of hydrogen-bond donors (Lipinski definition) is 1. The SMILES string of the molecule is CC(CSc1ccc(F)c(F)c1)C(=O)O. The lowest BCUT2D eigenvalue weighted by Gasteiger charge is -2.05. The summed E-state index contributed by atoms with van der Waals surface area (Å²) in [6, 6.07) is 3.52. The number of aliphatic carboxylic acids is 1. The van der Waals surface area contributed by atoms with Crippen molar-refractivity contribution in [1.29, 1.82) is 0 Å². The zero-order valence-corrected chi connectivity index (χ0v) is 8.85. The predicted octanol–water partition coefficient (Wildman–Crippen LogP) is 2.78. The van der Waals surface area contributed by atoms with Crippen LogP contribution in [0, 0.1) is 17.6 Å². The third-order valence-electron chi connectivity index (χ3n) is 1.81. The van der Waals surface area contributed by atoms with E-state index in [1.165, 1.54) is 17.8 Å². The van der Waals surface area contributed by atoms with Gasteiger partial charge in [0.25, 0.3) is 0 Å². The Morgan fingerprint density at radius 1 is 1.47 bits per heavy atom. The van der Waals surface area contributed by atoms with Gasteiger partial charge in [0.15, 0.2) is 11.6 Å². The molecule has 0 spiro atoms. The lowest BCUT2D eigenvalue weighted by Crippen LogP contribution is -2.11. The Morgan fingerprint density at radius 2 is 2.13 bits per heavy atom. The fourth-order valence-corrected chi connectivity index (χ4v) is 1.80. The molecular formula is C10H10F2O2S. The van der Waals surface area contributed by atoms with Gasteiger partial charge in [0.05, 0.1) is 5.92 Å². The van der Waals surface area contributed by atoms with Crippen molar-refractivity contribution in [3.05, 3.63) is 29.8 Å². The fourth-order valence-electron chi connectivity index (χ4n) is 0.859. The molecule has 82 valence electrons. The van der Waals surface area contributed by atoms with Crippen molar-refractivity contribution in [2.45, 2.75) is 11.8 Å². The average Bonchev–Trinajstić information content (AvgIpc) is 2.19. The highest BCUT2D eigenvalue weighted by atomic mass is 32.2. The van der Waals surface area contributed by atoms with E-state index in [-0.39, 0.29) is 0 Å².